The molecule has 0 bridgehead atoms. The topological polar surface area (TPSA) is 26.3 Å². The summed E-state index contributed by atoms with van der Waals surface area (Å²) in [5, 5.41) is 0.453. The first-order valence-corrected chi connectivity index (χ1v) is 6.33. The van der Waals surface area contributed by atoms with Crippen molar-refractivity contribution < 1.29 is 22.7 Å². The molecule has 0 aliphatic rings. The van der Waals surface area contributed by atoms with Crippen LogP contribution in [-0.4, -0.2) is 5.97 Å². The van der Waals surface area contributed by atoms with E-state index in [1.165, 1.54) is 42.5 Å². The molecule has 0 saturated heterocycles. The number of esters is 1. The molecular weight excluding hydrogens is 305 g/mol. The molecule has 0 fully saturated rings. The molecular formula is C15H10ClF3O2. The molecule has 0 atom stereocenters. The van der Waals surface area contributed by atoms with Crippen molar-refractivity contribution in [2.75, 3.05) is 0 Å². The maximum atomic E-state index is 12.8. The van der Waals surface area contributed by atoms with E-state index in [2.05, 4.69) is 0 Å². The van der Waals surface area contributed by atoms with Gasteiger partial charge in [-0.1, -0.05) is 29.8 Å². The Morgan fingerprint density at radius 3 is 2.29 bits per heavy atom. The fourth-order valence-corrected chi connectivity index (χ4v) is 1.86. The number of hydrogen-bond acceptors (Lipinski definition) is 2. The van der Waals surface area contributed by atoms with Crippen LogP contribution in [0.25, 0.3) is 0 Å². The molecule has 21 heavy (non-hydrogen) atoms. The van der Waals surface area contributed by atoms with Gasteiger partial charge in [0.2, 0.25) is 0 Å². The van der Waals surface area contributed by atoms with Gasteiger partial charge in [-0.2, -0.15) is 13.2 Å². The Morgan fingerprint density at radius 2 is 1.67 bits per heavy atom. The van der Waals surface area contributed by atoms with E-state index in [1.807, 2.05) is 0 Å². The lowest BCUT2D eigenvalue weighted by Crippen LogP contribution is -2.12. The predicted octanol–water partition coefficient (Wildman–Crippen LogP) is 4.72. The maximum absolute atomic E-state index is 12.8. The third-order valence-electron chi connectivity index (χ3n) is 2.76. The van der Waals surface area contributed by atoms with Crippen molar-refractivity contribution in [3.05, 3.63) is 70.2 Å². The highest BCUT2D eigenvalue weighted by Crippen LogP contribution is 2.32. The van der Waals surface area contributed by atoms with Gasteiger partial charge in [0.25, 0.3) is 0 Å². The minimum Gasteiger partial charge on any atom is -0.457 e. The smallest absolute Gasteiger partial charge is 0.416 e. The molecule has 0 saturated carbocycles. The van der Waals surface area contributed by atoms with Crippen LogP contribution in [0.3, 0.4) is 0 Å². The highest BCUT2D eigenvalue weighted by Gasteiger charge is 2.33. The molecule has 0 heterocycles. The largest absolute Gasteiger partial charge is 0.457 e. The maximum Gasteiger partial charge on any atom is 0.416 e. The molecule has 0 N–H and O–H groups in total. The molecule has 0 spiro atoms. The van der Waals surface area contributed by atoms with Gasteiger partial charge in [-0.25, -0.2) is 4.79 Å². The number of carbonyl (C=O) groups is 1. The zero-order chi connectivity index (χ0) is 15.5. The minimum atomic E-state index is -4.48. The summed E-state index contributed by atoms with van der Waals surface area (Å²) in [6.07, 6.45) is -4.48. The summed E-state index contributed by atoms with van der Waals surface area (Å²) in [4.78, 5) is 11.7. The van der Waals surface area contributed by atoms with Crippen LogP contribution in [0.4, 0.5) is 13.2 Å². The average Bonchev–Trinajstić information content (AvgIpc) is 2.45. The first-order valence-electron chi connectivity index (χ1n) is 5.96. The highest BCUT2D eigenvalue weighted by molar-refractivity contribution is 6.30. The highest BCUT2D eigenvalue weighted by atomic mass is 35.5. The second kappa shape index (κ2) is 6.18. The van der Waals surface area contributed by atoms with E-state index < -0.39 is 24.3 Å². The van der Waals surface area contributed by atoms with Crippen LogP contribution in [0.2, 0.25) is 5.02 Å². The Labute approximate surface area is 124 Å². The molecule has 0 unspecified atom stereocenters. The van der Waals surface area contributed by atoms with Crippen LogP contribution in [0, 0.1) is 0 Å². The predicted molar refractivity (Wildman–Crippen MR) is 72.0 cm³/mol. The van der Waals surface area contributed by atoms with Crippen molar-refractivity contribution in [1.29, 1.82) is 0 Å². The standard InChI is InChI=1S/C15H10ClF3O2/c16-12-7-5-10(6-8-12)14(20)21-9-11-3-1-2-4-13(11)15(17,18)19/h1-8H,9H2. The van der Waals surface area contributed by atoms with E-state index in [0.717, 1.165) is 6.07 Å². The summed E-state index contributed by atoms with van der Waals surface area (Å²) >= 11 is 5.68. The second-order valence-electron chi connectivity index (χ2n) is 4.24. The van der Waals surface area contributed by atoms with Crippen LogP contribution >= 0.6 is 11.6 Å². The van der Waals surface area contributed by atoms with Gasteiger partial charge in [0, 0.05) is 10.6 Å². The lowest BCUT2D eigenvalue weighted by molar-refractivity contribution is -0.138. The lowest BCUT2D eigenvalue weighted by atomic mass is 10.1. The van der Waals surface area contributed by atoms with Crippen molar-refractivity contribution in [3.63, 3.8) is 0 Å². The molecule has 0 radical (unpaired) electrons. The van der Waals surface area contributed by atoms with Crippen molar-refractivity contribution in [3.8, 4) is 0 Å². The van der Waals surface area contributed by atoms with Crippen LogP contribution in [-0.2, 0) is 17.5 Å². The Balaban J connectivity index is 2.10. The lowest BCUT2D eigenvalue weighted by Gasteiger charge is -2.12. The number of halogens is 4. The Kier molecular flexibility index (Phi) is 4.53. The number of benzene rings is 2. The summed E-state index contributed by atoms with van der Waals surface area (Å²) in [5.74, 6) is -0.705. The second-order valence-corrected chi connectivity index (χ2v) is 4.67. The van der Waals surface area contributed by atoms with Crippen molar-refractivity contribution in [2.24, 2.45) is 0 Å². The quantitative estimate of drug-likeness (QED) is 0.767. The van der Waals surface area contributed by atoms with Gasteiger partial charge in [-0.15, -0.1) is 0 Å². The van der Waals surface area contributed by atoms with Gasteiger partial charge in [0.05, 0.1) is 11.1 Å². The molecule has 6 heteroatoms. The summed E-state index contributed by atoms with van der Waals surface area (Å²) in [7, 11) is 0. The number of hydrogen-bond donors (Lipinski definition) is 0. The van der Waals surface area contributed by atoms with Gasteiger partial charge in [0.1, 0.15) is 6.61 Å². The van der Waals surface area contributed by atoms with Crippen LogP contribution in [0.1, 0.15) is 21.5 Å². The van der Waals surface area contributed by atoms with Gasteiger partial charge >= 0.3 is 12.1 Å². The van der Waals surface area contributed by atoms with E-state index >= 15 is 0 Å². The van der Waals surface area contributed by atoms with Crippen LogP contribution in [0.15, 0.2) is 48.5 Å². The zero-order valence-electron chi connectivity index (χ0n) is 10.7. The summed E-state index contributed by atoms with van der Waals surface area (Å²) in [6, 6.07) is 10.9. The summed E-state index contributed by atoms with van der Waals surface area (Å²) < 4.78 is 43.3. The molecule has 0 aliphatic carbocycles. The number of carbonyl (C=O) groups excluding carboxylic acids is 1. The molecule has 2 nitrogen and oxygen atoms in total. The van der Waals surface area contributed by atoms with Gasteiger partial charge in [0.15, 0.2) is 0 Å². The normalized spacial score (nSPS) is 11.2. The Bertz CT molecular complexity index is 636. The van der Waals surface area contributed by atoms with Crippen LogP contribution < -0.4 is 0 Å². The Hall–Kier alpha value is -2.01. The van der Waals surface area contributed by atoms with E-state index in [1.54, 1.807) is 0 Å². The SMILES string of the molecule is O=C(OCc1ccccc1C(F)(F)F)c1ccc(Cl)cc1. The van der Waals surface area contributed by atoms with Crippen molar-refractivity contribution in [2.45, 2.75) is 12.8 Å². The third-order valence-corrected chi connectivity index (χ3v) is 3.01. The molecule has 0 aliphatic heterocycles. The van der Waals surface area contributed by atoms with Gasteiger partial charge < -0.3 is 4.74 Å². The van der Waals surface area contributed by atoms with E-state index in [4.69, 9.17) is 16.3 Å². The van der Waals surface area contributed by atoms with Gasteiger partial charge in [-0.05, 0) is 30.3 Å². The van der Waals surface area contributed by atoms with E-state index in [0.29, 0.717) is 5.02 Å². The molecule has 2 aromatic carbocycles. The minimum absolute atomic E-state index is 0.0905. The van der Waals surface area contributed by atoms with Gasteiger partial charge in [-0.3, -0.25) is 0 Å². The monoisotopic (exact) mass is 314 g/mol. The number of rotatable bonds is 3. The first-order chi connectivity index (χ1) is 9.88. The van der Waals surface area contributed by atoms with Crippen LogP contribution in [0.5, 0.6) is 0 Å². The number of ether oxygens (including phenoxy) is 1. The number of alkyl halides is 3. The summed E-state index contributed by atoms with van der Waals surface area (Å²) in [6.45, 7) is -0.447. The molecule has 2 rings (SSSR count). The van der Waals surface area contributed by atoms with Crippen molar-refractivity contribution >= 4 is 17.6 Å². The molecule has 0 amide bonds. The van der Waals surface area contributed by atoms with Crippen molar-refractivity contribution in [1.82, 2.24) is 0 Å². The first kappa shape index (κ1) is 15.4. The molecule has 110 valence electrons. The molecule has 2 aromatic rings. The average molecular weight is 315 g/mol. The Morgan fingerprint density at radius 1 is 1.05 bits per heavy atom. The fraction of sp³-hybridized carbons (Fsp3) is 0.133. The summed E-state index contributed by atoms with van der Waals surface area (Å²) in [5.41, 5.74) is -0.676. The van der Waals surface area contributed by atoms with E-state index in [9.17, 15) is 18.0 Å². The van der Waals surface area contributed by atoms with E-state index in [-0.39, 0.29) is 11.1 Å². The third kappa shape index (κ3) is 3.98. The fourth-order valence-electron chi connectivity index (χ4n) is 1.74. The molecule has 0 aromatic heterocycles. The zero-order valence-corrected chi connectivity index (χ0v) is 11.4.